The van der Waals surface area contributed by atoms with Gasteiger partial charge < -0.3 is 10.2 Å². The Balaban J connectivity index is 3.88. The van der Waals surface area contributed by atoms with Crippen molar-refractivity contribution in [2.75, 3.05) is 25.5 Å². The highest BCUT2D eigenvalue weighted by molar-refractivity contribution is 7.59. The smallest absolute Gasteiger partial charge is 0.0470 e. The zero-order valence-corrected chi connectivity index (χ0v) is 8.56. The summed E-state index contributed by atoms with van der Waals surface area (Å²) in [5.41, 5.74) is 0. The van der Waals surface area contributed by atoms with Gasteiger partial charge in [-0.05, 0) is 17.5 Å². The lowest BCUT2D eigenvalue weighted by molar-refractivity contribution is 0.314. The molecule has 11 heavy (non-hydrogen) atoms. The van der Waals surface area contributed by atoms with Crippen molar-refractivity contribution in [3.63, 3.8) is 0 Å². The van der Waals surface area contributed by atoms with Gasteiger partial charge in [-0.15, -0.1) is 0 Å². The van der Waals surface area contributed by atoms with Gasteiger partial charge in [0, 0.05) is 13.2 Å². The average molecular weight is 178 g/mol. The first kappa shape index (κ1) is 11.4. The van der Waals surface area contributed by atoms with Crippen LogP contribution in [-0.2, 0) is 0 Å². The Hall–Kier alpha value is 0.350. The van der Waals surface area contributed by atoms with Crippen molar-refractivity contribution in [2.45, 2.75) is 25.9 Å². The zero-order valence-electron chi connectivity index (χ0n) is 7.67. The second kappa shape index (κ2) is 5.08. The Morgan fingerprint density at radius 3 is 1.55 bits per heavy atom. The van der Waals surface area contributed by atoms with Gasteiger partial charge in [0.05, 0.1) is 0 Å². The highest BCUT2D eigenvalue weighted by atomic mass is 31.1. The van der Waals surface area contributed by atoms with E-state index >= 15 is 0 Å². The molecular formula is C8H19O2P. The van der Waals surface area contributed by atoms with Crippen molar-refractivity contribution in [3.05, 3.63) is 0 Å². The van der Waals surface area contributed by atoms with Gasteiger partial charge in [0.1, 0.15) is 0 Å². The molecule has 68 valence electrons. The minimum absolute atomic E-state index is 0.202. The number of hydrogen-bond acceptors (Lipinski definition) is 2. The average Bonchev–Trinajstić information content (AvgIpc) is 1.85. The summed E-state index contributed by atoms with van der Waals surface area (Å²) in [5.74, 6) is 0. The third kappa shape index (κ3) is 4.73. The molecule has 0 aliphatic rings. The summed E-state index contributed by atoms with van der Waals surface area (Å²) in [6, 6.07) is 0. The fraction of sp³-hybridized carbons (Fsp3) is 1.00. The highest BCUT2D eigenvalue weighted by Crippen LogP contribution is 2.48. The molecule has 0 aromatic rings. The molecule has 0 radical (unpaired) electrons. The standard InChI is InChI=1S/C8H19O2P/c1-8(2,3)11(6-4-9)7-5-10/h9-10H,4-7H2,1-3H3. The largest absolute Gasteiger partial charge is 0.396 e. The fourth-order valence-electron chi connectivity index (χ4n) is 1.02. The summed E-state index contributed by atoms with van der Waals surface area (Å²) >= 11 is 0. The second-order valence-electron chi connectivity index (χ2n) is 3.61. The molecule has 2 N–H and O–H groups in total. The first-order chi connectivity index (χ1) is 5.02. The van der Waals surface area contributed by atoms with Gasteiger partial charge in [0.25, 0.3) is 0 Å². The Morgan fingerprint density at radius 2 is 1.36 bits per heavy atom. The van der Waals surface area contributed by atoms with Crippen molar-refractivity contribution in [1.29, 1.82) is 0 Å². The molecule has 3 heteroatoms. The van der Waals surface area contributed by atoms with Crippen LogP contribution in [0.1, 0.15) is 20.8 Å². The van der Waals surface area contributed by atoms with Crippen LogP contribution < -0.4 is 0 Å². The number of hydrogen-bond donors (Lipinski definition) is 2. The van der Waals surface area contributed by atoms with Crippen LogP contribution >= 0.6 is 7.92 Å². The van der Waals surface area contributed by atoms with Crippen LogP contribution in [0, 0.1) is 0 Å². The monoisotopic (exact) mass is 178 g/mol. The van der Waals surface area contributed by atoms with E-state index in [1.165, 1.54) is 0 Å². The van der Waals surface area contributed by atoms with Crippen LogP contribution in [0.25, 0.3) is 0 Å². The molecule has 0 aliphatic carbocycles. The maximum absolute atomic E-state index is 8.76. The van der Waals surface area contributed by atoms with Crippen molar-refractivity contribution < 1.29 is 10.2 Å². The summed E-state index contributed by atoms with van der Waals surface area (Å²) in [6.45, 7) is 7.02. The molecule has 0 saturated carbocycles. The maximum Gasteiger partial charge on any atom is 0.0470 e. The molecule has 0 aromatic carbocycles. The van der Waals surface area contributed by atoms with E-state index in [2.05, 4.69) is 20.8 Å². The second-order valence-corrected chi connectivity index (χ2v) is 6.92. The Labute approximate surface area is 70.4 Å². The molecule has 0 amide bonds. The van der Waals surface area contributed by atoms with Gasteiger partial charge >= 0.3 is 0 Å². The molecule has 0 heterocycles. The SMILES string of the molecule is CC(C)(C)P(CCO)CCO. The van der Waals surface area contributed by atoms with Crippen molar-refractivity contribution >= 4 is 7.92 Å². The number of aliphatic hydroxyl groups is 2. The quantitative estimate of drug-likeness (QED) is 0.636. The van der Waals surface area contributed by atoms with Crippen LogP contribution in [0.15, 0.2) is 0 Å². The van der Waals surface area contributed by atoms with Gasteiger partial charge in [0.15, 0.2) is 0 Å². The third-order valence-electron chi connectivity index (χ3n) is 1.69. The highest BCUT2D eigenvalue weighted by Gasteiger charge is 2.22. The molecule has 0 rings (SSSR count). The predicted molar refractivity (Wildman–Crippen MR) is 50.6 cm³/mol. The van der Waals surface area contributed by atoms with Crippen LogP contribution in [0.4, 0.5) is 0 Å². The topological polar surface area (TPSA) is 40.5 Å². The summed E-state index contributed by atoms with van der Waals surface area (Å²) in [4.78, 5) is 0. The molecule has 0 spiro atoms. The van der Waals surface area contributed by atoms with E-state index in [0.29, 0.717) is 0 Å². The normalized spacial score (nSPS) is 12.5. The lowest BCUT2D eigenvalue weighted by Crippen LogP contribution is -2.18. The molecule has 0 aliphatic heterocycles. The molecule has 0 unspecified atom stereocenters. The molecule has 2 nitrogen and oxygen atoms in total. The van der Waals surface area contributed by atoms with E-state index in [4.69, 9.17) is 10.2 Å². The lowest BCUT2D eigenvalue weighted by atomic mass is 10.3. The van der Waals surface area contributed by atoms with E-state index in [-0.39, 0.29) is 26.3 Å². The Bertz CT molecular complexity index is 92.8. The van der Waals surface area contributed by atoms with Gasteiger partial charge in [-0.2, -0.15) is 0 Å². The fourth-order valence-corrected chi connectivity index (χ4v) is 3.07. The first-order valence-corrected chi connectivity index (χ1v) is 5.70. The summed E-state index contributed by atoms with van der Waals surface area (Å²) in [6.07, 6.45) is 1.72. The number of rotatable bonds is 4. The minimum atomic E-state index is -0.202. The van der Waals surface area contributed by atoms with E-state index in [0.717, 1.165) is 12.3 Å². The molecule has 0 saturated heterocycles. The van der Waals surface area contributed by atoms with Gasteiger partial charge in [-0.3, -0.25) is 0 Å². The third-order valence-corrected chi connectivity index (χ3v) is 5.07. The van der Waals surface area contributed by atoms with Crippen molar-refractivity contribution in [2.24, 2.45) is 0 Å². The minimum Gasteiger partial charge on any atom is -0.396 e. The van der Waals surface area contributed by atoms with E-state index in [1.54, 1.807) is 0 Å². The first-order valence-electron chi connectivity index (χ1n) is 3.99. The zero-order chi connectivity index (χ0) is 8.91. The molecule has 0 atom stereocenters. The summed E-state index contributed by atoms with van der Waals surface area (Å²) in [5, 5.41) is 17.8. The molecule has 0 fully saturated rings. The van der Waals surface area contributed by atoms with Crippen molar-refractivity contribution in [1.82, 2.24) is 0 Å². The van der Waals surface area contributed by atoms with Gasteiger partial charge in [-0.1, -0.05) is 28.7 Å². The van der Waals surface area contributed by atoms with Gasteiger partial charge in [0.2, 0.25) is 0 Å². The Kier molecular flexibility index (Phi) is 5.24. The lowest BCUT2D eigenvalue weighted by Gasteiger charge is -2.30. The van der Waals surface area contributed by atoms with E-state index in [1.807, 2.05) is 0 Å². The van der Waals surface area contributed by atoms with E-state index in [9.17, 15) is 0 Å². The van der Waals surface area contributed by atoms with Crippen LogP contribution in [-0.4, -0.2) is 40.9 Å². The predicted octanol–water partition coefficient (Wildman–Crippen LogP) is 1.25. The maximum atomic E-state index is 8.76. The van der Waals surface area contributed by atoms with Crippen LogP contribution in [0.2, 0.25) is 0 Å². The summed E-state index contributed by atoms with van der Waals surface area (Å²) in [7, 11) is -0.202. The Morgan fingerprint density at radius 1 is 1.00 bits per heavy atom. The molecule has 0 bridgehead atoms. The molecular weight excluding hydrogens is 159 g/mol. The molecule has 0 aromatic heterocycles. The van der Waals surface area contributed by atoms with Gasteiger partial charge in [-0.25, -0.2) is 0 Å². The van der Waals surface area contributed by atoms with E-state index < -0.39 is 0 Å². The summed E-state index contributed by atoms with van der Waals surface area (Å²) < 4.78 is 0. The van der Waals surface area contributed by atoms with Crippen molar-refractivity contribution in [3.8, 4) is 0 Å². The van der Waals surface area contributed by atoms with Crippen LogP contribution in [0.3, 0.4) is 0 Å². The number of aliphatic hydroxyl groups excluding tert-OH is 2. The van der Waals surface area contributed by atoms with Crippen LogP contribution in [0.5, 0.6) is 0 Å².